The minimum absolute atomic E-state index is 0.0561. The van der Waals surface area contributed by atoms with Crippen LogP contribution in [0.25, 0.3) is 0 Å². The van der Waals surface area contributed by atoms with Crippen LogP contribution in [0.15, 0.2) is 41.3 Å². The van der Waals surface area contributed by atoms with E-state index in [4.69, 9.17) is 4.74 Å². The quantitative estimate of drug-likeness (QED) is 0.141. The van der Waals surface area contributed by atoms with E-state index in [2.05, 4.69) is 10.9 Å². The van der Waals surface area contributed by atoms with Gasteiger partial charge in [-0.25, -0.2) is 0 Å². The summed E-state index contributed by atoms with van der Waals surface area (Å²) in [7, 11) is 0. The molecule has 4 N–H and O–H groups in total. The molecular formula is C24H20N4O10. The molecule has 2 aromatic carbocycles. The summed E-state index contributed by atoms with van der Waals surface area (Å²) in [5.41, 5.74) is 1.14. The number of anilines is 1. The van der Waals surface area contributed by atoms with Gasteiger partial charge in [-0.05, 0) is 33.8 Å². The van der Waals surface area contributed by atoms with Crippen LogP contribution in [0.2, 0.25) is 0 Å². The summed E-state index contributed by atoms with van der Waals surface area (Å²) in [5, 5.41) is 43.6. The van der Waals surface area contributed by atoms with Crippen LogP contribution in [0, 0.1) is 27.2 Å². The lowest BCUT2D eigenvalue weighted by atomic mass is 9.70. The summed E-state index contributed by atoms with van der Waals surface area (Å²) >= 11 is 0. The van der Waals surface area contributed by atoms with E-state index in [1.54, 1.807) is 0 Å². The third kappa shape index (κ3) is 3.61. The number of hydrogen-bond donors (Lipinski definition) is 4. The van der Waals surface area contributed by atoms with Crippen LogP contribution in [-0.4, -0.2) is 37.4 Å². The second kappa shape index (κ2) is 8.69. The van der Waals surface area contributed by atoms with Crippen LogP contribution < -0.4 is 15.6 Å². The second-order valence-electron chi connectivity index (χ2n) is 8.85. The first-order valence-electron chi connectivity index (χ1n) is 11.0. The number of nitrogens with one attached hydrogen (secondary N) is 2. The van der Waals surface area contributed by atoms with Gasteiger partial charge in [-0.2, -0.15) is 0 Å². The average molecular weight is 524 g/mol. The molecule has 0 fully saturated rings. The first kappa shape index (κ1) is 25.8. The third-order valence-electron chi connectivity index (χ3n) is 6.53. The lowest BCUT2D eigenvalue weighted by Crippen LogP contribution is -2.41. The molecule has 38 heavy (non-hydrogen) atoms. The molecule has 0 saturated heterocycles. The van der Waals surface area contributed by atoms with Crippen molar-refractivity contribution in [1.82, 2.24) is 5.43 Å². The van der Waals surface area contributed by atoms with E-state index in [1.165, 1.54) is 27.7 Å². The molecule has 0 radical (unpaired) electrons. The fourth-order valence-corrected chi connectivity index (χ4v) is 4.48. The number of nitro groups is 2. The van der Waals surface area contributed by atoms with Gasteiger partial charge in [0.25, 0.3) is 5.69 Å². The van der Waals surface area contributed by atoms with Gasteiger partial charge in [-0.3, -0.25) is 40.0 Å². The zero-order chi connectivity index (χ0) is 28.3. The fraction of sp³-hybridized carbons (Fsp3) is 0.208. The number of non-ortho nitro benzene ring substituents is 1. The molecule has 1 unspecified atom stereocenters. The second-order valence-corrected chi connectivity index (χ2v) is 8.85. The number of hydrazine groups is 1. The normalized spacial score (nSPS) is 19.1. The lowest BCUT2D eigenvalue weighted by Gasteiger charge is -2.29. The van der Waals surface area contributed by atoms with E-state index in [9.17, 15) is 44.8 Å². The molecule has 0 aromatic heterocycles. The van der Waals surface area contributed by atoms with Crippen LogP contribution in [-0.2, 0) is 15.0 Å². The Kier molecular flexibility index (Phi) is 5.90. The van der Waals surface area contributed by atoms with Crippen LogP contribution in [0.4, 0.5) is 17.1 Å². The van der Waals surface area contributed by atoms with E-state index in [0.717, 1.165) is 24.3 Å². The van der Waals surface area contributed by atoms with Crippen molar-refractivity contribution < 1.29 is 39.2 Å². The largest absolute Gasteiger partial charge is 0.507 e. The minimum atomic E-state index is -1.74. The molecule has 2 aliphatic rings. The summed E-state index contributed by atoms with van der Waals surface area (Å²) < 4.78 is 5.68. The number of benzene rings is 2. The number of carbonyl (C=O) groups excluding carboxylic acids is 3. The molecule has 14 heteroatoms. The molecule has 1 aliphatic carbocycles. The lowest BCUT2D eigenvalue weighted by molar-refractivity contribution is -0.393. The number of ether oxygens (including phenoxy) is 1. The number of rotatable bonds is 6. The Hall–Kier alpha value is -5.27. The van der Waals surface area contributed by atoms with Crippen molar-refractivity contribution in [2.45, 2.75) is 33.1 Å². The number of allylic oxidation sites excluding steroid dienone is 4. The monoisotopic (exact) mass is 524 g/mol. The summed E-state index contributed by atoms with van der Waals surface area (Å²) in [6.07, 6.45) is 1.02. The van der Waals surface area contributed by atoms with Crippen molar-refractivity contribution in [3.05, 3.63) is 78.2 Å². The molecule has 1 aliphatic heterocycles. The Bertz CT molecular complexity index is 1570. The smallest absolute Gasteiger partial charge is 0.300 e. The summed E-state index contributed by atoms with van der Waals surface area (Å²) in [6.45, 7) is 5.26. The highest BCUT2D eigenvalue weighted by Crippen LogP contribution is 2.57. The number of aromatic hydroxyl groups is 2. The highest BCUT2D eigenvalue weighted by atomic mass is 16.6. The minimum Gasteiger partial charge on any atom is -0.507 e. The van der Waals surface area contributed by atoms with E-state index < -0.39 is 55.5 Å². The van der Waals surface area contributed by atoms with Crippen molar-refractivity contribution in [3.8, 4) is 17.2 Å². The number of phenolic OH excluding ortho intramolecular Hbond substituents is 2. The van der Waals surface area contributed by atoms with Gasteiger partial charge in [0.1, 0.15) is 39.7 Å². The van der Waals surface area contributed by atoms with E-state index in [0.29, 0.717) is 0 Å². The summed E-state index contributed by atoms with van der Waals surface area (Å²) in [6, 6.07) is 2.87. The number of nitrogens with zero attached hydrogens (tertiary/aromatic N) is 2. The molecular weight excluding hydrogens is 504 g/mol. The van der Waals surface area contributed by atoms with E-state index in [1.807, 2.05) is 0 Å². The van der Waals surface area contributed by atoms with Crippen molar-refractivity contribution in [2.24, 2.45) is 0 Å². The van der Waals surface area contributed by atoms with E-state index >= 15 is 0 Å². The SMILES string of the molecule is CC(=O)c1c(O)c(C)c(O)c2c1OC1=CC(=O)/C(=C(\C)NNc3ccc([N+](=O)[O-])cc3[N+](=O)[O-])C(=O)C12C. The number of phenols is 2. The third-order valence-corrected chi connectivity index (χ3v) is 6.53. The first-order valence-corrected chi connectivity index (χ1v) is 11.0. The molecule has 0 amide bonds. The highest BCUT2D eigenvalue weighted by Gasteiger charge is 2.56. The summed E-state index contributed by atoms with van der Waals surface area (Å²) in [5.74, 6) is -3.58. The molecule has 0 spiro atoms. The maximum Gasteiger partial charge on any atom is 0.300 e. The Labute approximate surface area is 213 Å². The number of ketones is 3. The molecule has 1 atom stereocenters. The van der Waals surface area contributed by atoms with Gasteiger partial charge in [0.05, 0.1) is 27.0 Å². The number of fused-ring (bicyclic) bond motifs is 3. The van der Waals surface area contributed by atoms with Gasteiger partial charge >= 0.3 is 5.69 Å². The van der Waals surface area contributed by atoms with Crippen LogP contribution in [0.5, 0.6) is 17.2 Å². The zero-order valence-electron chi connectivity index (χ0n) is 20.4. The van der Waals surface area contributed by atoms with Gasteiger partial charge < -0.3 is 20.4 Å². The van der Waals surface area contributed by atoms with Gasteiger partial charge in [0.15, 0.2) is 17.3 Å². The van der Waals surface area contributed by atoms with Crippen molar-refractivity contribution in [1.29, 1.82) is 0 Å². The van der Waals surface area contributed by atoms with E-state index in [-0.39, 0.29) is 45.2 Å². The van der Waals surface area contributed by atoms with Gasteiger partial charge in [0, 0.05) is 23.4 Å². The van der Waals surface area contributed by atoms with Crippen LogP contribution in [0.3, 0.4) is 0 Å². The molecule has 14 nitrogen and oxygen atoms in total. The molecule has 2 aromatic rings. The first-order chi connectivity index (χ1) is 17.7. The van der Waals surface area contributed by atoms with Crippen LogP contribution in [0.1, 0.15) is 42.3 Å². The van der Waals surface area contributed by atoms with Gasteiger partial charge in [-0.15, -0.1) is 0 Å². The molecule has 0 bridgehead atoms. The fourth-order valence-electron chi connectivity index (χ4n) is 4.48. The zero-order valence-corrected chi connectivity index (χ0v) is 20.4. The highest BCUT2D eigenvalue weighted by molar-refractivity contribution is 6.31. The average Bonchev–Trinajstić information content (AvgIpc) is 3.13. The molecule has 4 rings (SSSR count). The number of carbonyl (C=O) groups is 3. The molecule has 196 valence electrons. The Balaban J connectivity index is 1.78. The maximum absolute atomic E-state index is 13.8. The summed E-state index contributed by atoms with van der Waals surface area (Å²) in [4.78, 5) is 59.7. The van der Waals surface area contributed by atoms with Gasteiger partial charge in [-0.1, -0.05) is 0 Å². The van der Waals surface area contributed by atoms with Crippen LogP contribution >= 0.6 is 0 Å². The Morgan fingerprint density at radius 1 is 1.08 bits per heavy atom. The number of hydrogen-bond acceptors (Lipinski definition) is 12. The van der Waals surface area contributed by atoms with Crippen molar-refractivity contribution in [3.63, 3.8) is 0 Å². The van der Waals surface area contributed by atoms with Crippen molar-refractivity contribution >= 4 is 34.4 Å². The number of Topliss-reactive ketones (excluding diaryl/α,β-unsaturated/α-hetero) is 2. The Morgan fingerprint density at radius 3 is 2.32 bits per heavy atom. The number of nitro benzene ring substituents is 2. The Morgan fingerprint density at radius 2 is 1.74 bits per heavy atom. The maximum atomic E-state index is 13.8. The van der Waals surface area contributed by atoms with Crippen molar-refractivity contribution in [2.75, 3.05) is 5.43 Å². The standard InChI is InChI=1S/C24H20N4O10/c1-9-20(31)18(11(3)29)22-19(21(9)32)24(4)16(38-22)8-15(30)17(23(24)33)10(2)25-26-13-6-5-12(27(34)35)7-14(13)28(36)37/h5-8,25-26,31-32H,1-4H3/b17-10-. The topological polar surface area (TPSA) is 211 Å². The molecule has 0 saturated carbocycles. The predicted octanol–water partition coefficient (Wildman–Crippen LogP) is 3.00. The molecule has 1 heterocycles. The predicted molar refractivity (Wildman–Crippen MR) is 130 cm³/mol. The van der Waals surface area contributed by atoms with Gasteiger partial charge in [0.2, 0.25) is 0 Å².